The van der Waals surface area contributed by atoms with Gasteiger partial charge in [0.1, 0.15) is 34.3 Å². The third kappa shape index (κ3) is 19.7. The van der Waals surface area contributed by atoms with Gasteiger partial charge in [0.25, 0.3) is 0 Å². The van der Waals surface area contributed by atoms with Crippen LogP contribution in [0.2, 0.25) is 0 Å². The van der Waals surface area contributed by atoms with E-state index in [9.17, 15) is 28.8 Å². The Morgan fingerprint density at radius 2 is 0.888 bits per heavy atom. The van der Waals surface area contributed by atoms with Crippen molar-refractivity contribution in [1.29, 1.82) is 0 Å². The number of benzene rings is 2. The Morgan fingerprint density at radius 3 is 1.31 bits per heavy atom. The number of aromatic carboxylic acids is 1. The summed E-state index contributed by atoms with van der Waals surface area (Å²) in [7, 11) is 0. The van der Waals surface area contributed by atoms with Crippen LogP contribution in [0, 0.1) is 0 Å². The number of nitrogens with two attached hydrogens (primary N) is 1. The van der Waals surface area contributed by atoms with Gasteiger partial charge in [0, 0.05) is 131 Å². The monoisotopic (exact) mass is 1270 g/mol. The number of carboxylic acids is 1. The van der Waals surface area contributed by atoms with Crippen molar-refractivity contribution in [1.82, 2.24) is 34.7 Å². The Kier molecular flexibility index (Phi) is 22.1. The molecule has 7 aromatic rings. The molecular weight excluding hydrogens is 1190 g/mol. The van der Waals surface area contributed by atoms with Gasteiger partial charge in [0.15, 0.2) is 21.6 Å². The van der Waals surface area contributed by atoms with E-state index < -0.39 is 28.9 Å². The smallest absolute Gasteiger partial charge is 0.412 e. The predicted octanol–water partition coefficient (Wildman–Crippen LogP) is 12.1. The summed E-state index contributed by atoms with van der Waals surface area (Å²) in [5, 5.41) is 18.3. The quantitative estimate of drug-likeness (QED) is 0.0550. The maximum Gasteiger partial charge on any atom is 0.412 e. The van der Waals surface area contributed by atoms with Crippen molar-refractivity contribution < 1.29 is 48.1 Å². The fraction of sp³-hybridized carbons (Fsp3) is 0.422. The number of aromatic nitrogens is 5. The summed E-state index contributed by atoms with van der Waals surface area (Å²) in [6.07, 6.45) is 9.67. The Balaban J connectivity index is 0.000000184. The summed E-state index contributed by atoms with van der Waals surface area (Å²) in [5.74, 6) is 1.14. The molecule has 0 radical (unpaired) electrons. The normalized spacial score (nSPS) is 14.6. The van der Waals surface area contributed by atoms with E-state index in [1.807, 2.05) is 112 Å². The lowest BCUT2D eigenvalue weighted by Crippen LogP contribution is -2.50. The molecular formula is C64H78N12O10S3. The lowest BCUT2D eigenvalue weighted by molar-refractivity contribution is 0.0230. The first-order valence-corrected chi connectivity index (χ1v) is 32.1. The molecule has 0 spiro atoms. The van der Waals surface area contributed by atoms with Gasteiger partial charge >= 0.3 is 24.2 Å². The Hall–Kier alpha value is -8.55. The molecule has 0 unspecified atom stereocenters. The van der Waals surface area contributed by atoms with Crippen molar-refractivity contribution in [3.05, 3.63) is 128 Å². The molecule has 89 heavy (non-hydrogen) atoms. The van der Waals surface area contributed by atoms with Gasteiger partial charge in [-0.05, 0) is 163 Å². The molecule has 0 atom stereocenters. The zero-order valence-corrected chi connectivity index (χ0v) is 54.3. The van der Waals surface area contributed by atoms with Gasteiger partial charge in [-0.15, -0.1) is 34.0 Å². The third-order valence-corrected chi connectivity index (χ3v) is 16.5. The van der Waals surface area contributed by atoms with Crippen molar-refractivity contribution in [2.45, 2.75) is 111 Å². The number of carboxylic acid groups (broad SMARTS) is 1. The molecule has 3 aliphatic heterocycles. The van der Waals surface area contributed by atoms with Gasteiger partial charge in [-0.25, -0.2) is 34.1 Å². The van der Waals surface area contributed by atoms with E-state index in [4.69, 9.17) is 25.1 Å². The second kappa shape index (κ2) is 29.6. The number of carbonyl (C=O) groups excluding carboxylic acids is 5. The van der Waals surface area contributed by atoms with Gasteiger partial charge in [-0.1, -0.05) is 12.1 Å². The summed E-state index contributed by atoms with van der Waals surface area (Å²) in [5.41, 5.74) is 11.0. The summed E-state index contributed by atoms with van der Waals surface area (Å²) < 4.78 is 16.2. The van der Waals surface area contributed by atoms with Crippen LogP contribution in [0.1, 0.15) is 122 Å². The Labute approximate surface area is 531 Å². The number of pyridine rings is 2. The largest absolute Gasteiger partial charge is 0.476 e. The number of carbonyl (C=O) groups is 6. The van der Waals surface area contributed by atoms with Gasteiger partial charge in [-0.3, -0.25) is 24.9 Å². The van der Waals surface area contributed by atoms with Crippen LogP contribution in [-0.2, 0) is 27.1 Å². The number of nitrogen functional groups attached to an aromatic ring is 1. The molecule has 0 saturated carbocycles. The molecule has 22 nitrogen and oxygen atoms in total. The fourth-order valence-corrected chi connectivity index (χ4v) is 11.8. The SMILES string of the molecule is CC(C)(C)OC(=O)N1CCN(c2csc(C(=O)O)n2)CC1.CC(C)(C)OC(=O)Nc1ccc(-c2ccncc2)cc1CC(=O)c1nc(N2CCN(C(=O)OC(C)(C)C)CC2)cs1.Nc1ccc(-c2ccncc2)cc1CC(=O)c1nc(N2CCCCC2)cs1. The first-order chi connectivity index (χ1) is 42.2. The van der Waals surface area contributed by atoms with Crippen LogP contribution in [0.5, 0.6) is 0 Å². The first kappa shape index (κ1) is 66.4. The molecule has 4 N–H and O–H groups in total. The molecule has 8 heterocycles. The standard InChI is InChI=1S/C30H37N5O5S.C21H22N4OS.C13H19N3O4S/c1-29(2,3)39-27(37)32-23-8-7-21(20-9-11-31-12-10-20)17-22(23)18-24(36)26-33-25(19-41-26)34-13-15-35(16-14-34)28(38)40-30(4,5)6;22-18-5-4-16(15-6-8-23-9-7-15)12-17(18)13-19(26)21-24-20(14-27-21)25-10-2-1-3-11-25;1-13(2,3)20-12(19)16-6-4-15(5-7-16)9-8-21-10(14-9)11(17)18/h7-12,17,19H,13-16,18H2,1-6H3,(H,32,37);4-9,12,14H,1-3,10-11,13,22H2;8H,4-7H2,1-3H3,(H,17,18). The van der Waals surface area contributed by atoms with E-state index in [0.29, 0.717) is 90.9 Å². The molecule has 25 heteroatoms. The van der Waals surface area contributed by atoms with Crippen LogP contribution < -0.4 is 25.8 Å². The highest BCUT2D eigenvalue weighted by Gasteiger charge is 2.30. The minimum absolute atomic E-state index is 0.0156. The first-order valence-electron chi connectivity index (χ1n) is 29.4. The van der Waals surface area contributed by atoms with Gasteiger partial charge in [0.05, 0.1) is 0 Å². The molecule has 0 bridgehead atoms. The van der Waals surface area contributed by atoms with Crippen LogP contribution in [0.15, 0.2) is 102 Å². The molecule has 3 saturated heterocycles. The molecule has 3 aliphatic rings. The summed E-state index contributed by atoms with van der Waals surface area (Å²) in [6.45, 7) is 23.0. The van der Waals surface area contributed by atoms with Crippen LogP contribution in [0.3, 0.4) is 0 Å². The number of piperazine rings is 2. The van der Waals surface area contributed by atoms with Crippen molar-refractivity contribution >= 4 is 98.7 Å². The number of amides is 3. The minimum Gasteiger partial charge on any atom is -0.476 e. The summed E-state index contributed by atoms with van der Waals surface area (Å²) in [4.78, 5) is 105. The predicted molar refractivity (Wildman–Crippen MR) is 349 cm³/mol. The van der Waals surface area contributed by atoms with Crippen LogP contribution in [-0.4, -0.2) is 158 Å². The Morgan fingerprint density at radius 1 is 0.494 bits per heavy atom. The molecule has 0 aliphatic carbocycles. The van der Waals surface area contributed by atoms with Crippen LogP contribution in [0.4, 0.5) is 43.2 Å². The van der Waals surface area contributed by atoms with Crippen molar-refractivity contribution in [2.75, 3.05) is 91.2 Å². The molecule has 3 fully saturated rings. The van der Waals surface area contributed by atoms with Crippen molar-refractivity contribution in [3.8, 4) is 22.3 Å². The van der Waals surface area contributed by atoms with Crippen molar-refractivity contribution in [3.63, 3.8) is 0 Å². The van der Waals surface area contributed by atoms with E-state index in [-0.39, 0.29) is 41.6 Å². The zero-order chi connectivity index (χ0) is 64.0. The number of nitrogens with one attached hydrogen (secondary N) is 1. The van der Waals surface area contributed by atoms with Gasteiger partial charge < -0.3 is 49.6 Å². The van der Waals surface area contributed by atoms with E-state index >= 15 is 0 Å². The summed E-state index contributed by atoms with van der Waals surface area (Å²) in [6, 6.07) is 19.0. The fourth-order valence-electron chi connectivity index (χ4n) is 9.58. The van der Waals surface area contributed by atoms with Gasteiger partial charge in [-0.2, -0.15) is 0 Å². The minimum atomic E-state index is -1.02. The highest BCUT2D eigenvalue weighted by Crippen LogP contribution is 2.31. The molecule has 3 amide bonds. The van der Waals surface area contributed by atoms with Gasteiger partial charge in [0.2, 0.25) is 5.01 Å². The lowest BCUT2D eigenvalue weighted by Gasteiger charge is -2.35. The topological polar surface area (TPSA) is 269 Å². The van der Waals surface area contributed by atoms with E-state index in [2.05, 4.69) is 40.0 Å². The summed E-state index contributed by atoms with van der Waals surface area (Å²) >= 11 is 3.82. The number of ether oxygens (including phenoxy) is 3. The number of piperidine rings is 1. The molecule has 2 aromatic carbocycles. The average molecular weight is 1270 g/mol. The lowest BCUT2D eigenvalue weighted by atomic mass is 9.99. The second-order valence-electron chi connectivity index (χ2n) is 24.4. The van der Waals surface area contributed by atoms with E-state index in [1.165, 1.54) is 41.9 Å². The highest BCUT2D eigenvalue weighted by molar-refractivity contribution is 7.12. The number of anilines is 5. The molecule has 472 valence electrons. The average Bonchev–Trinajstić information content (AvgIpc) is 4.39. The maximum absolute atomic E-state index is 13.4. The number of thiazole rings is 3. The maximum atomic E-state index is 13.4. The number of hydrogen-bond donors (Lipinski definition) is 3. The molecule has 5 aromatic heterocycles. The van der Waals surface area contributed by atoms with Crippen molar-refractivity contribution in [2.24, 2.45) is 0 Å². The number of Topliss-reactive ketones (excluding diaryl/α,β-unsaturated/α-hetero) is 2. The number of hydrogen-bond acceptors (Lipinski definition) is 21. The van der Waals surface area contributed by atoms with E-state index in [1.54, 1.807) is 66.8 Å². The Bertz CT molecular complexity index is 3550. The van der Waals surface area contributed by atoms with E-state index in [0.717, 1.165) is 58.1 Å². The highest BCUT2D eigenvalue weighted by atomic mass is 32.1. The number of rotatable bonds is 13. The number of nitrogens with zero attached hydrogens (tertiary/aromatic N) is 10. The second-order valence-corrected chi connectivity index (χ2v) is 27.0. The third-order valence-electron chi connectivity index (χ3n) is 13.9. The molecule has 10 rings (SSSR count). The van der Waals surface area contributed by atoms with Crippen LogP contribution >= 0.6 is 34.0 Å². The van der Waals surface area contributed by atoms with Crippen LogP contribution in [0.25, 0.3) is 22.3 Å². The number of ketones is 2. The zero-order valence-electron chi connectivity index (χ0n) is 51.8.